The van der Waals surface area contributed by atoms with Gasteiger partial charge in [0.05, 0.1) is 41.6 Å². The zero-order valence-corrected chi connectivity index (χ0v) is 13.5. The van der Waals surface area contributed by atoms with Gasteiger partial charge in [-0.3, -0.25) is 4.90 Å². The van der Waals surface area contributed by atoms with Gasteiger partial charge in [-0.15, -0.1) is 0 Å². The summed E-state index contributed by atoms with van der Waals surface area (Å²) in [6.07, 6.45) is 0.904. The minimum absolute atomic E-state index is 0.0723. The Morgan fingerprint density at radius 1 is 1.46 bits per heavy atom. The van der Waals surface area contributed by atoms with E-state index in [-0.39, 0.29) is 18.1 Å². The van der Waals surface area contributed by atoms with Crippen LogP contribution in [0.2, 0.25) is 0 Å². The number of hydrogen-bond acceptors (Lipinski definition) is 6. The third kappa shape index (κ3) is 1.92. The Bertz CT molecular complexity index is 889. The van der Waals surface area contributed by atoms with Crippen LogP contribution in [-0.2, 0) is 11.2 Å². The predicted octanol–water partition coefficient (Wildman–Crippen LogP) is 1.81. The first kappa shape index (κ1) is 14.0. The number of aromatic nitrogens is 1. The first-order valence-electron chi connectivity index (χ1n) is 7.91. The highest BCUT2D eigenvalue weighted by Crippen LogP contribution is 2.39. The Morgan fingerprint density at radius 2 is 2.38 bits per heavy atom. The third-order valence-corrected chi connectivity index (χ3v) is 5.85. The molecule has 24 heavy (non-hydrogen) atoms. The molecule has 3 aliphatic rings. The monoisotopic (exact) mass is 342 g/mol. The van der Waals surface area contributed by atoms with E-state index in [1.807, 2.05) is 12.1 Å². The second-order valence-electron chi connectivity index (χ2n) is 6.16. The van der Waals surface area contributed by atoms with Gasteiger partial charge in [-0.2, -0.15) is 5.26 Å². The molecule has 2 aromatic rings. The van der Waals surface area contributed by atoms with Crippen molar-refractivity contribution < 1.29 is 14.3 Å². The van der Waals surface area contributed by atoms with E-state index >= 15 is 0 Å². The van der Waals surface area contributed by atoms with Crippen LogP contribution in [0.25, 0.3) is 10.2 Å². The van der Waals surface area contributed by atoms with Crippen molar-refractivity contribution >= 4 is 32.7 Å². The van der Waals surface area contributed by atoms with Crippen molar-refractivity contribution in [2.24, 2.45) is 0 Å². The number of carbonyl (C=O) groups excluding carboxylic acids is 1. The molecule has 1 aromatic carbocycles. The second kappa shape index (κ2) is 5.06. The van der Waals surface area contributed by atoms with Crippen molar-refractivity contribution in [3.8, 4) is 11.8 Å². The van der Waals surface area contributed by atoms with Crippen molar-refractivity contribution in [2.75, 3.05) is 18.1 Å². The maximum Gasteiger partial charge on any atom is 0.324 e. The number of nitrogens with one attached hydrogen (secondary N) is 1. The van der Waals surface area contributed by atoms with Gasteiger partial charge in [-0.05, 0) is 12.1 Å². The molecule has 122 valence electrons. The number of anilines is 1. The molecule has 8 heteroatoms. The van der Waals surface area contributed by atoms with Gasteiger partial charge < -0.3 is 14.8 Å². The molecule has 0 bridgehead atoms. The van der Waals surface area contributed by atoms with Crippen LogP contribution in [0.1, 0.15) is 12.0 Å². The van der Waals surface area contributed by atoms with E-state index in [2.05, 4.69) is 11.4 Å². The molecular formula is C16H14N4O3S. The maximum atomic E-state index is 12.5. The van der Waals surface area contributed by atoms with Crippen LogP contribution < -0.4 is 15.0 Å². The third-order valence-electron chi connectivity index (χ3n) is 4.83. The van der Waals surface area contributed by atoms with Gasteiger partial charge in [0.25, 0.3) is 0 Å². The fourth-order valence-corrected chi connectivity index (χ4v) is 4.71. The zero-order valence-electron chi connectivity index (χ0n) is 12.7. The summed E-state index contributed by atoms with van der Waals surface area (Å²) < 4.78 is 12.2. The van der Waals surface area contributed by atoms with Crippen molar-refractivity contribution in [2.45, 2.75) is 31.0 Å². The highest BCUT2D eigenvalue weighted by Gasteiger charge is 2.45. The van der Waals surface area contributed by atoms with Crippen molar-refractivity contribution in [3.05, 3.63) is 17.7 Å². The lowest BCUT2D eigenvalue weighted by Gasteiger charge is -2.30. The fraction of sp³-hybridized carbons (Fsp3) is 0.438. The number of rotatable bonds is 1. The molecule has 7 nitrogen and oxygen atoms in total. The molecular weight excluding hydrogens is 328 g/mol. The van der Waals surface area contributed by atoms with Crippen LogP contribution >= 0.6 is 11.3 Å². The molecule has 0 spiro atoms. The standard InChI is InChI=1S/C16H14N4O3S/c17-6-8-5-10-11(7-23-8)20(15(21)18-10)16-19-14-9-3-4-22-12(9)1-2-13(14)24-16/h1-2,8,10-11H,3-5,7H2,(H,18,21)/t8-,10-,11+/m1/s1. The molecule has 0 unspecified atom stereocenters. The molecule has 3 atom stereocenters. The number of fused-ring (bicyclic) bond motifs is 4. The molecule has 1 N–H and O–H groups in total. The summed E-state index contributed by atoms with van der Waals surface area (Å²) in [6.45, 7) is 1.03. The number of ether oxygens (including phenoxy) is 2. The average Bonchev–Trinajstić information content (AvgIpc) is 3.28. The van der Waals surface area contributed by atoms with Gasteiger partial charge in [0.15, 0.2) is 5.13 Å². The largest absolute Gasteiger partial charge is 0.493 e. The Kier molecular flexibility index (Phi) is 2.96. The topological polar surface area (TPSA) is 87.5 Å². The number of amides is 2. The Morgan fingerprint density at radius 3 is 3.25 bits per heavy atom. The molecule has 5 rings (SSSR count). The van der Waals surface area contributed by atoms with Crippen molar-refractivity contribution in [3.63, 3.8) is 0 Å². The normalized spacial score (nSPS) is 28.2. The van der Waals surface area contributed by atoms with Gasteiger partial charge in [0.1, 0.15) is 11.9 Å². The number of thiazole rings is 1. The van der Waals surface area contributed by atoms with Crippen molar-refractivity contribution in [1.29, 1.82) is 5.26 Å². The lowest BCUT2D eigenvalue weighted by Crippen LogP contribution is -2.47. The van der Waals surface area contributed by atoms with Crippen molar-refractivity contribution in [1.82, 2.24) is 10.3 Å². The van der Waals surface area contributed by atoms with Crippen LogP contribution in [0.15, 0.2) is 12.1 Å². The summed E-state index contributed by atoms with van der Waals surface area (Å²) in [5.74, 6) is 0.890. The molecule has 0 radical (unpaired) electrons. The maximum absolute atomic E-state index is 12.5. The number of carbonyl (C=O) groups is 1. The van der Waals surface area contributed by atoms with Gasteiger partial charge in [-0.1, -0.05) is 11.3 Å². The van der Waals surface area contributed by atoms with Crippen LogP contribution in [0.4, 0.5) is 9.93 Å². The van der Waals surface area contributed by atoms with Crippen LogP contribution in [0, 0.1) is 11.3 Å². The number of nitriles is 1. The minimum Gasteiger partial charge on any atom is -0.493 e. The van der Waals surface area contributed by atoms with E-state index in [1.165, 1.54) is 11.3 Å². The minimum atomic E-state index is -0.456. The lowest BCUT2D eigenvalue weighted by atomic mass is 10.0. The predicted molar refractivity (Wildman–Crippen MR) is 87.4 cm³/mol. The lowest BCUT2D eigenvalue weighted by molar-refractivity contribution is 0.0314. The molecule has 0 saturated carbocycles. The SMILES string of the molecule is N#C[C@H]1C[C@H]2NC(=O)N(c3nc4c5c(ccc4s3)OCC5)[C@H]2CO1. The summed E-state index contributed by atoms with van der Waals surface area (Å²) in [7, 11) is 0. The molecule has 2 amide bonds. The average molecular weight is 342 g/mol. The Labute approximate surface area is 141 Å². The van der Waals surface area contributed by atoms with E-state index in [0.29, 0.717) is 24.8 Å². The van der Waals surface area contributed by atoms with Crippen LogP contribution in [-0.4, -0.2) is 42.4 Å². The molecule has 1 aromatic heterocycles. The van der Waals surface area contributed by atoms with E-state index in [9.17, 15) is 4.79 Å². The van der Waals surface area contributed by atoms with E-state index in [0.717, 1.165) is 28.0 Å². The highest BCUT2D eigenvalue weighted by molar-refractivity contribution is 7.22. The first-order valence-corrected chi connectivity index (χ1v) is 8.72. The first-order chi connectivity index (χ1) is 11.7. The van der Waals surface area contributed by atoms with E-state index < -0.39 is 6.10 Å². The number of nitrogens with zero attached hydrogens (tertiary/aromatic N) is 3. The van der Waals surface area contributed by atoms with Gasteiger partial charge in [-0.25, -0.2) is 9.78 Å². The summed E-state index contributed by atoms with van der Waals surface area (Å²) in [5.41, 5.74) is 2.04. The molecule has 2 fully saturated rings. The molecule has 2 saturated heterocycles. The van der Waals surface area contributed by atoms with E-state index in [1.54, 1.807) is 4.90 Å². The zero-order chi connectivity index (χ0) is 16.3. The quantitative estimate of drug-likeness (QED) is 0.854. The van der Waals surface area contributed by atoms with Crippen LogP contribution in [0.5, 0.6) is 5.75 Å². The summed E-state index contributed by atoms with van der Waals surface area (Å²) in [5, 5.41) is 12.7. The number of benzene rings is 1. The summed E-state index contributed by atoms with van der Waals surface area (Å²) in [4.78, 5) is 18.9. The summed E-state index contributed by atoms with van der Waals surface area (Å²) in [6, 6.07) is 5.73. The highest BCUT2D eigenvalue weighted by atomic mass is 32.1. The van der Waals surface area contributed by atoms with Gasteiger partial charge in [0.2, 0.25) is 0 Å². The Balaban J connectivity index is 1.53. The van der Waals surface area contributed by atoms with E-state index in [4.69, 9.17) is 19.7 Å². The smallest absolute Gasteiger partial charge is 0.324 e. The molecule has 3 aliphatic heterocycles. The van der Waals surface area contributed by atoms with Crippen LogP contribution in [0.3, 0.4) is 0 Å². The number of urea groups is 1. The van der Waals surface area contributed by atoms with Gasteiger partial charge >= 0.3 is 6.03 Å². The number of hydrogen-bond donors (Lipinski definition) is 1. The fourth-order valence-electron chi connectivity index (χ4n) is 3.65. The molecule has 4 heterocycles. The summed E-state index contributed by atoms with van der Waals surface area (Å²) >= 11 is 1.50. The Hall–Kier alpha value is -2.37. The molecule has 0 aliphatic carbocycles. The van der Waals surface area contributed by atoms with Gasteiger partial charge in [0, 0.05) is 18.4 Å². The second-order valence-corrected chi connectivity index (χ2v) is 7.17.